The smallest absolute Gasteiger partial charge is 0.250 e. The second kappa shape index (κ2) is 6.93. The van der Waals surface area contributed by atoms with E-state index < -0.39 is 27.2 Å². The second-order valence-electron chi connectivity index (χ2n) is 5.26. The molecule has 1 atom stereocenters. The average molecular weight is 324 g/mol. The Bertz CT molecular complexity index is 636. The van der Waals surface area contributed by atoms with E-state index in [0.29, 0.717) is 25.2 Å². The molecule has 2 rings (SSSR count). The quantitative estimate of drug-likeness (QED) is 0.687. The van der Waals surface area contributed by atoms with Crippen LogP contribution >= 0.6 is 0 Å². The van der Waals surface area contributed by atoms with Gasteiger partial charge >= 0.3 is 0 Å². The molecule has 0 bridgehead atoms. The minimum atomic E-state index is -3.55. The zero-order valence-corrected chi connectivity index (χ0v) is 13.0. The van der Waals surface area contributed by atoms with E-state index in [0.717, 1.165) is 5.56 Å². The van der Waals surface area contributed by atoms with E-state index in [-0.39, 0.29) is 6.42 Å². The van der Waals surface area contributed by atoms with Gasteiger partial charge in [0.2, 0.25) is 10.0 Å². The fourth-order valence-electron chi connectivity index (χ4n) is 1.90. The maximum Gasteiger partial charge on any atom is 0.250 e. The van der Waals surface area contributed by atoms with Crippen LogP contribution in [0.25, 0.3) is 0 Å². The van der Waals surface area contributed by atoms with Crippen LogP contribution in [-0.2, 0) is 21.2 Å². The maximum absolute atomic E-state index is 11.9. The van der Waals surface area contributed by atoms with Crippen LogP contribution in [0.1, 0.15) is 18.4 Å². The molecule has 1 aromatic carbocycles. The van der Waals surface area contributed by atoms with Gasteiger partial charge in [-0.05, 0) is 37.0 Å². The first-order valence-electron chi connectivity index (χ1n) is 7.06. The minimum absolute atomic E-state index is 0.258. The standard InChI is InChI=1S/C15H20N2O4S/c1-2-9-21-12-5-3-11(4-6-12)10-14(16)15(18)17-22(19,20)13-7-8-13/h2-6,13-14H,1,7-10,16H2,(H,17,18). The fraction of sp³-hybridized carbons (Fsp3) is 0.400. The van der Waals surface area contributed by atoms with Crippen LogP contribution in [0, 0.1) is 0 Å². The average Bonchev–Trinajstić information content (AvgIpc) is 3.31. The lowest BCUT2D eigenvalue weighted by Gasteiger charge is -2.13. The van der Waals surface area contributed by atoms with E-state index in [1.807, 2.05) is 0 Å². The molecule has 3 N–H and O–H groups in total. The summed E-state index contributed by atoms with van der Waals surface area (Å²) in [7, 11) is -3.55. The number of carbonyl (C=O) groups excluding carboxylic acids is 1. The van der Waals surface area contributed by atoms with Crippen LogP contribution < -0.4 is 15.2 Å². The number of nitrogens with two attached hydrogens (primary N) is 1. The molecule has 1 aliphatic carbocycles. The molecular formula is C15H20N2O4S. The largest absolute Gasteiger partial charge is 0.490 e. The normalized spacial score (nSPS) is 15.9. The molecule has 6 nitrogen and oxygen atoms in total. The highest BCUT2D eigenvalue weighted by Crippen LogP contribution is 2.27. The number of sulfonamides is 1. The number of hydrogen-bond acceptors (Lipinski definition) is 5. The molecular weight excluding hydrogens is 304 g/mol. The number of carbonyl (C=O) groups is 1. The van der Waals surface area contributed by atoms with Crippen molar-refractivity contribution >= 4 is 15.9 Å². The highest BCUT2D eigenvalue weighted by Gasteiger charge is 2.37. The van der Waals surface area contributed by atoms with Gasteiger partial charge in [-0.15, -0.1) is 0 Å². The van der Waals surface area contributed by atoms with Gasteiger partial charge in [0, 0.05) is 0 Å². The Morgan fingerprint density at radius 3 is 2.59 bits per heavy atom. The first-order chi connectivity index (χ1) is 10.4. The van der Waals surface area contributed by atoms with Crippen LogP contribution in [0.2, 0.25) is 0 Å². The number of rotatable bonds is 8. The van der Waals surface area contributed by atoms with Gasteiger partial charge in [0.25, 0.3) is 5.91 Å². The molecule has 0 spiro atoms. The monoisotopic (exact) mass is 324 g/mol. The van der Waals surface area contributed by atoms with Crippen LogP contribution in [0.15, 0.2) is 36.9 Å². The Kier molecular flexibility index (Phi) is 5.20. The zero-order chi connectivity index (χ0) is 16.2. The van der Waals surface area contributed by atoms with Gasteiger partial charge in [-0.1, -0.05) is 24.8 Å². The van der Waals surface area contributed by atoms with E-state index in [1.54, 1.807) is 30.3 Å². The van der Waals surface area contributed by atoms with E-state index >= 15 is 0 Å². The first-order valence-corrected chi connectivity index (χ1v) is 8.60. The highest BCUT2D eigenvalue weighted by atomic mass is 32.2. The van der Waals surface area contributed by atoms with Crippen molar-refractivity contribution in [1.82, 2.24) is 4.72 Å². The number of ether oxygens (including phenoxy) is 1. The van der Waals surface area contributed by atoms with Gasteiger partial charge in [0.1, 0.15) is 12.4 Å². The maximum atomic E-state index is 11.9. The predicted molar refractivity (Wildman–Crippen MR) is 83.9 cm³/mol. The minimum Gasteiger partial charge on any atom is -0.490 e. The van der Waals surface area contributed by atoms with E-state index in [4.69, 9.17) is 10.5 Å². The van der Waals surface area contributed by atoms with Crippen LogP contribution in [-0.4, -0.2) is 32.2 Å². The summed E-state index contributed by atoms with van der Waals surface area (Å²) in [5.74, 6) is 0.0249. The van der Waals surface area contributed by atoms with Crippen LogP contribution in [0.4, 0.5) is 0 Å². The Morgan fingerprint density at radius 2 is 2.05 bits per heavy atom. The Hall–Kier alpha value is -1.86. The van der Waals surface area contributed by atoms with Gasteiger partial charge in [-0.3, -0.25) is 9.52 Å². The van der Waals surface area contributed by atoms with Gasteiger partial charge < -0.3 is 10.5 Å². The molecule has 1 amide bonds. The van der Waals surface area contributed by atoms with Crippen molar-refractivity contribution in [2.75, 3.05) is 6.61 Å². The molecule has 7 heteroatoms. The molecule has 1 aliphatic rings. The van der Waals surface area contributed by atoms with E-state index in [1.165, 1.54) is 0 Å². The number of benzene rings is 1. The fourth-order valence-corrected chi connectivity index (χ4v) is 3.26. The van der Waals surface area contributed by atoms with Crippen molar-refractivity contribution in [3.05, 3.63) is 42.5 Å². The lowest BCUT2D eigenvalue weighted by molar-refractivity contribution is -0.120. The summed E-state index contributed by atoms with van der Waals surface area (Å²) in [5.41, 5.74) is 6.61. The van der Waals surface area contributed by atoms with E-state index in [9.17, 15) is 13.2 Å². The lowest BCUT2D eigenvalue weighted by Crippen LogP contribution is -2.45. The summed E-state index contributed by atoms with van der Waals surface area (Å²) in [6.07, 6.45) is 3.11. The first kappa shape index (κ1) is 16.5. The number of amides is 1. The molecule has 0 radical (unpaired) electrons. The molecule has 0 heterocycles. The molecule has 0 aliphatic heterocycles. The number of hydrogen-bond donors (Lipinski definition) is 2. The Balaban J connectivity index is 1.89. The Morgan fingerprint density at radius 1 is 1.41 bits per heavy atom. The summed E-state index contributed by atoms with van der Waals surface area (Å²) in [6.45, 7) is 3.98. The third-order valence-corrected chi connectivity index (χ3v) is 5.12. The van der Waals surface area contributed by atoms with Crippen LogP contribution in [0.5, 0.6) is 5.75 Å². The van der Waals surface area contributed by atoms with Gasteiger partial charge in [-0.25, -0.2) is 8.42 Å². The van der Waals surface area contributed by atoms with Gasteiger partial charge in [0.15, 0.2) is 0 Å². The third-order valence-electron chi connectivity index (χ3n) is 3.29. The Labute approximate surface area is 130 Å². The zero-order valence-electron chi connectivity index (χ0n) is 12.2. The van der Waals surface area contributed by atoms with Crippen molar-refractivity contribution in [2.45, 2.75) is 30.6 Å². The molecule has 1 saturated carbocycles. The lowest BCUT2D eigenvalue weighted by atomic mass is 10.1. The summed E-state index contributed by atoms with van der Waals surface area (Å²) < 4.78 is 30.8. The molecule has 120 valence electrons. The molecule has 0 saturated heterocycles. The molecule has 22 heavy (non-hydrogen) atoms. The summed E-state index contributed by atoms with van der Waals surface area (Å²) in [4.78, 5) is 11.9. The SMILES string of the molecule is C=CCOc1ccc(CC(N)C(=O)NS(=O)(=O)C2CC2)cc1. The highest BCUT2D eigenvalue weighted by molar-refractivity contribution is 7.90. The summed E-state index contributed by atoms with van der Waals surface area (Å²) in [5, 5.41) is -0.440. The molecule has 0 aromatic heterocycles. The van der Waals surface area contributed by atoms with E-state index in [2.05, 4.69) is 11.3 Å². The summed E-state index contributed by atoms with van der Waals surface area (Å²) >= 11 is 0. The molecule has 1 fully saturated rings. The molecule has 1 aromatic rings. The van der Waals surface area contributed by atoms with Crippen molar-refractivity contribution in [3.8, 4) is 5.75 Å². The van der Waals surface area contributed by atoms with Crippen molar-refractivity contribution < 1.29 is 17.9 Å². The van der Waals surface area contributed by atoms with Gasteiger partial charge in [-0.2, -0.15) is 0 Å². The molecule has 1 unspecified atom stereocenters. The van der Waals surface area contributed by atoms with Crippen molar-refractivity contribution in [2.24, 2.45) is 5.73 Å². The van der Waals surface area contributed by atoms with Crippen LogP contribution in [0.3, 0.4) is 0 Å². The second-order valence-corrected chi connectivity index (χ2v) is 7.23. The van der Waals surface area contributed by atoms with Gasteiger partial charge in [0.05, 0.1) is 11.3 Å². The number of nitrogens with one attached hydrogen (secondary N) is 1. The topological polar surface area (TPSA) is 98.5 Å². The third kappa shape index (κ3) is 4.57. The summed E-state index contributed by atoms with van der Waals surface area (Å²) in [6, 6.07) is 6.21. The van der Waals surface area contributed by atoms with Crippen molar-refractivity contribution in [3.63, 3.8) is 0 Å². The predicted octanol–water partition coefficient (Wildman–Crippen LogP) is 0.730. The van der Waals surface area contributed by atoms with Crippen molar-refractivity contribution in [1.29, 1.82) is 0 Å².